The molecule has 66 valence electrons. The highest BCUT2D eigenvalue weighted by molar-refractivity contribution is 5.71. The molecule has 0 radical (unpaired) electrons. The molecule has 0 aromatic heterocycles. The van der Waals surface area contributed by atoms with Crippen LogP contribution in [0, 0.1) is 5.41 Å². The summed E-state index contributed by atoms with van der Waals surface area (Å²) in [5, 5.41) is 3.28. The van der Waals surface area contributed by atoms with E-state index in [1.165, 1.54) is 6.42 Å². The van der Waals surface area contributed by atoms with E-state index < -0.39 is 0 Å². The van der Waals surface area contributed by atoms with Gasteiger partial charge in [0.2, 0.25) is 0 Å². The maximum Gasteiger partial charge on any atom is 0.165 e. The predicted molar refractivity (Wildman–Crippen MR) is 46.7 cm³/mol. The molecular weight excluding hydrogens is 152 g/mol. The van der Waals surface area contributed by atoms with Crippen molar-refractivity contribution in [3.05, 3.63) is 12.3 Å². The zero-order valence-electron chi connectivity index (χ0n) is 7.18. The lowest BCUT2D eigenvalue weighted by Gasteiger charge is -2.39. The van der Waals surface area contributed by atoms with Crippen LogP contribution in [0.25, 0.3) is 0 Å². The molecule has 2 aliphatic rings. The van der Waals surface area contributed by atoms with Crippen LogP contribution in [0.15, 0.2) is 12.3 Å². The standard InChI is InChI=1S/C9H14N2O/c1-8(4-12)11-3-2-9(7-11)5-10-6-9/h4,10H,1-3,5-7H2. The van der Waals surface area contributed by atoms with Crippen LogP contribution in [0.5, 0.6) is 0 Å². The van der Waals surface area contributed by atoms with Gasteiger partial charge in [-0.1, -0.05) is 6.58 Å². The lowest BCUT2D eigenvalue weighted by Crippen LogP contribution is -2.54. The molecule has 0 atom stereocenters. The average Bonchev–Trinajstić information content (AvgIpc) is 2.46. The van der Waals surface area contributed by atoms with E-state index in [0.29, 0.717) is 11.1 Å². The van der Waals surface area contributed by atoms with Crippen molar-refractivity contribution in [1.82, 2.24) is 10.2 Å². The second-order valence-electron chi connectivity index (χ2n) is 3.88. The van der Waals surface area contributed by atoms with Crippen LogP contribution in [0.1, 0.15) is 6.42 Å². The van der Waals surface area contributed by atoms with Crippen molar-refractivity contribution >= 4 is 6.29 Å². The van der Waals surface area contributed by atoms with Gasteiger partial charge in [-0.25, -0.2) is 0 Å². The molecule has 0 bridgehead atoms. The number of nitrogens with one attached hydrogen (secondary N) is 1. The van der Waals surface area contributed by atoms with Gasteiger partial charge in [-0.15, -0.1) is 0 Å². The zero-order valence-corrected chi connectivity index (χ0v) is 7.18. The fourth-order valence-corrected chi connectivity index (χ4v) is 2.02. The van der Waals surface area contributed by atoms with Gasteiger partial charge in [0.15, 0.2) is 6.29 Å². The quantitative estimate of drug-likeness (QED) is 0.463. The molecule has 12 heavy (non-hydrogen) atoms. The number of carbonyl (C=O) groups is 1. The Kier molecular flexibility index (Phi) is 1.68. The highest BCUT2D eigenvalue weighted by atomic mass is 16.1. The lowest BCUT2D eigenvalue weighted by atomic mass is 9.81. The third-order valence-electron chi connectivity index (χ3n) is 2.98. The molecular formula is C9H14N2O. The van der Waals surface area contributed by atoms with Crippen LogP contribution in [-0.2, 0) is 4.79 Å². The number of aldehydes is 1. The fourth-order valence-electron chi connectivity index (χ4n) is 2.02. The van der Waals surface area contributed by atoms with E-state index >= 15 is 0 Å². The maximum absolute atomic E-state index is 10.5. The Morgan fingerprint density at radius 3 is 2.75 bits per heavy atom. The first-order valence-corrected chi connectivity index (χ1v) is 4.36. The van der Waals surface area contributed by atoms with E-state index in [1.807, 2.05) is 0 Å². The van der Waals surface area contributed by atoms with Crippen LogP contribution < -0.4 is 5.32 Å². The monoisotopic (exact) mass is 166 g/mol. The van der Waals surface area contributed by atoms with Gasteiger partial charge in [0, 0.05) is 31.6 Å². The van der Waals surface area contributed by atoms with Crippen molar-refractivity contribution < 1.29 is 4.79 Å². The van der Waals surface area contributed by atoms with Gasteiger partial charge in [-0.2, -0.15) is 0 Å². The van der Waals surface area contributed by atoms with Crippen molar-refractivity contribution in [2.75, 3.05) is 26.2 Å². The van der Waals surface area contributed by atoms with E-state index in [-0.39, 0.29) is 0 Å². The number of rotatable bonds is 2. The summed E-state index contributed by atoms with van der Waals surface area (Å²) in [6.07, 6.45) is 2.05. The topological polar surface area (TPSA) is 32.3 Å². The Balaban J connectivity index is 1.97. The summed E-state index contributed by atoms with van der Waals surface area (Å²) in [5.74, 6) is 0. The summed E-state index contributed by atoms with van der Waals surface area (Å²) in [4.78, 5) is 12.5. The molecule has 2 heterocycles. The largest absolute Gasteiger partial charge is 0.369 e. The highest BCUT2D eigenvalue weighted by Gasteiger charge is 2.42. The van der Waals surface area contributed by atoms with Crippen molar-refractivity contribution in [3.63, 3.8) is 0 Å². The first-order valence-electron chi connectivity index (χ1n) is 4.36. The van der Waals surface area contributed by atoms with Crippen LogP contribution in [0.2, 0.25) is 0 Å². The second-order valence-corrected chi connectivity index (χ2v) is 3.88. The summed E-state index contributed by atoms with van der Waals surface area (Å²) < 4.78 is 0. The Hall–Kier alpha value is -0.830. The number of nitrogens with zero attached hydrogens (tertiary/aromatic N) is 1. The number of allylic oxidation sites excluding steroid dienone is 1. The molecule has 3 nitrogen and oxygen atoms in total. The van der Waals surface area contributed by atoms with Gasteiger partial charge in [-0.3, -0.25) is 4.79 Å². The van der Waals surface area contributed by atoms with Crippen LogP contribution in [-0.4, -0.2) is 37.4 Å². The molecule has 2 saturated heterocycles. The number of likely N-dealkylation sites (tertiary alicyclic amines) is 1. The highest BCUT2D eigenvalue weighted by Crippen LogP contribution is 2.34. The lowest BCUT2D eigenvalue weighted by molar-refractivity contribution is -0.106. The normalized spacial score (nSPS) is 25.5. The van der Waals surface area contributed by atoms with E-state index in [4.69, 9.17) is 0 Å². The van der Waals surface area contributed by atoms with Gasteiger partial charge in [0.05, 0.1) is 5.70 Å². The number of carbonyl (C=O) groups excluding carboxylic acids is 1. The molecule has 1 spiro atoms. The smallest absolute Gasteiger partial charge is 0.165 e. The fraction of sp³-hybridized carbons (Fsp3) is 0.667. The molecule has 0 aromatic rings. The van der Waals surface area contributed by atoms with Crippen molar-refractivity contribution in [2.45, 2.75) is 6.42 Å². The molecule has 0 aromatic carbocycles. The number of hydrogen-bond acceptors (Lipinski definition) is 3. The molecule has 0 unspecified atom stereocenters. The third kappa shape index (κ3) is 1.05. The van der Waals surface area contributed by atoms with Crippen molar-refractivity contribution in [1.29, 1.82) is 0 Å². The first kappa shape index (κ1) is 7.80. The summed E-state index contributed by atoms with van der Waals surface area (Å²) >= 11 is 0. The van der Waals surface area contributed by atoms with E-state index in [2.05, 4.69) is 16.8 Å². The Morgan fingerprint density at radius 2 is 2.33 bits per heavy atom. The summed E-state index contributed by atoms with van der Waals surface area (Å²) in [7, 11) is 0. The Morgan fingerprint density at radius 1 is 1.58 bits per heavy atom. The Bertz CT molecular complexity index is 221. The van der Waals surface area contributed by atoms with E-state index in [1.54, 1.807) is 0 Å². The molecule has 2 fully saturated rings. The summed E-state index contributed by atoms with van der Waals surface area (Å²) in [5.41, 5.74) is 1.10. The minimum absolute atomic E-state index is 0.464. The zero-order chi connectivity index (χ0) is 8.60. The minimum Gasteiger partial charge on any atom is -0.369 e. The average molecular weight is 166 g/mol. The van der Waals surface area contributed by atoms with Crippen LogP contribution in [0.3, 0.4) is 0 Å². The molecule has 3 heteroatoms. The number of hydrogen-bond donors (Lipinski definition) is 1. The SMILES string of the molecule is C=C(C=O)N1CCC2(CNC2)C1. The van der Waals surface area contributed by atoms with Gasteiger partial charge in [0.25, 0.3) is 0 Å². The molecule has 0 aliphatic carbocycles. The van der Waals surface area contributed by atoms with Gasteiger partial charge < -0.3 is 10.2 Å². The van der Waals surface area contributed by atoms with Crippen LogP contribution >= 0.6 is 0 Å². The van der Waals surface area contributed by atoms with Gasteiger partial charge in [0.1, 0.15) is 0 Å². The van der Waals surface area contributed by atoms with Crippen molar-refractivity contribution in [3.8, 4) is 0 Å². The third-order valence-corrected chi connectivity index (χ3v) is 2.98. The van der Waals surface area contributed by atoms with Crippen LogP contribution in [0.4, 0.5) is 0 Å². The van der Waals surface area contributed by atoms with E-state index in [9.17, 15) is 4.79 Å². The van der Waals surface area contributed by atoms with E-state index in [0.717, 1.165) is 32.5 Å². The first-order chi connectivity index (χ1) is 5.76. The van der Waals surface area contributed by atoms with Gasteiger partial charge in [-0.05, 0) is 6.42 Å². The Labute approximate surface area is 72.4 Å². The molecule has 0 amide bonds. The second kappa shape index (κ2) is 2.59. The molecule has 0 saturated carbocycles. The maximum atomic E-state index is 10.5. The van der Waals surface area contributed by atoms with Crippen molar-refractivity contribution in [2.24, 2.45) is 5.41 Å². The summed E-state index contributed by atoms with van der Waals surface area (Å²) in [6, 6.07) is 0. The molecule has 2 aliphatic heterocycles. The molecule has 2 rings (SSSR count). The minimum atomic E-state index is 0.464. The predicted octanol–water partition coefficient (Wildman–Crippen LogP) is -0.00570. The van der Waals surface area contributed by atoms with Gasteiger partial charge >= 0.3 is 0 Å². The molecule has 1 N–H and O–H groups in total. The summed E-state index contributed by atoms with van der Waals surface area (Å²) in [6.45, 7) is 7.94.